The lowest BCUT2D eigenvalue weighted by atomic mass is 9.61. The summed E-state index contributed by atoms with van der Waals surface area (Å²) in [7, 11) is 0. The maximum Gasteiger partial charge on any atom is 0.164 e. The summed E-state index contributed by atoms with van der Waals surface area (Å²) in [6.07, 6.45) is 4.95. The van der Waals surface area contributed by atoms with Crippen LogP contribution in [0.5, 0.6) is 0 Å². The number of benzene rings is 14. The fourth-order valence-electron chi connectivity index (χ4n) is 20.9. The first kappa shape index (κ1) is 59.6. The topological polar surface area (TPSA) is 77.3 Å². The van der Waals surface area contributed by atoms with E-state index in [9.17, 15) is 0 Å². The molecule has 2 heterocycles. The van der Waals surface area contributed by atoms with E-state index in [1.807, 2.05) is 12.1 Å². The Balaban J connectivity index is 0.595. The zero-order valence-electron chi connectivity index (χ0n) is 58.0. The Morgan fingerprint density at radius 3 is 1.06 bits per heavy atom. The van der Waals surface area contributed by atoms with Crippen molar-refractivity contribution in [2.24, 2.45) is 5.92 Å². The molecule has 16 aromatic rings. The quantitative estimate of drug-likeness (QED) is 0.151. The molecule has 496 valence electrons. The monoisotopic (exact) mass is 1350 g/mol. The van der Waals surface area contributed by atoms with Crippen LogP contribution in [-0.2, 0) is 10.8 Å². The van der Waals surface area contributed by atoms with Crippen LogP contribution in [0.2, 0.25) is 0 Å². The molecule has 2 spiro atoms. The smallest absolute Gasteiger partial charge is 0.164 e. The fraction of sp³-hybridized carbons (Fsp3) is 0.100. The molecule has 0 N–H and O–H groups in total. The highest BCUT2D eigenvalue weighted by molar-refractivity contribution is 6.00. The van der Waals surface area contributed by atoms with E-state index in [-0.39, 0.29) is 17.3 Å². The van der Waals surface area contributed by atoms with Gasteiger partial charge in [-0.3, -0.25) is 0 Å². The molecule has 8 aliphatic carbocycles. The maximum absolute atomic E-state index is 5.43. The van der Waals surface area contributed by atoms with Crippen molar-refractivity contribution in [1.82, 2.24) is 29.9 Å². The van der Waals surface area contributed by atoms with Crippen LogP contribution < -0.4 is 0 Å². The SMILES string of the molecule is c1ccc(-c2nc(-c3ccc(-c4cccc5c4-c4ccccc4C54c5ccccc5-c5ccccc54)cc3)nc(-c3ccc4c(c3)C3c5ccccc5C4c4cc(-c5nc(-c6ccccc6)nc(-c6ccc(-c7cccc8c7C7CCCCC7C87c8ccccc8-c8ccccc87)cc6)n5)ccc43)n2)cc1. The molecule has 2 bridgehead atoms. The molecule has 1 saturated carbocycles. The van der Waals surface area contributed by atoms with Crippen LogP contribution in [0.25, 0.3) is 124 Å². The molecule has 1 fully saturated rings. The number of aromatic nitrogens is 6. The fourth-order valence-corrected chi connectivity index (χ4v) is 20.9. The Kier molecular flexibility index (Phi) is 12.8. The van der Waals surface area contributed by atoms with E-state index in [0.717, 1.165) is 38.9 Å². The second-order valence-corrected chi connectivity index (χ2v) is 30.0. The highest BCUT2D eigenvalue weighted by Gasteiger charge is 2.59. The molecule has 24 rings (SSSR count). The van der Waals surface area contributed by atoms with Gasteiger partial charge in [0, 0.05) is 45.2 Å². The Bertz CT molecular complexity index is 6280. The number of hydrogen-bond donors (Lipinski definition) is 0. The molecule has 0 radical (unpaired) electrons. The molecule has 14 aromatic carbocycles. The van der Waals surface area contributed by atoms with Crippen molar-refractivity contribution in [3.63, 3.8) is 0 Å². The molecule has 106 heavy (non-hydrogen) atoms. The molecule has 0 amide bonds. The highest BCUT2D eigenvalue weighted by Crippen LogP contribution is 2.69. The van der Waals surface area contributed by atoms with Gasteiger partial charge in [-0.25, -0.2) is 29.9 Å². The first-order valence-corrected chi connectivity index (χ1v) is 37.5. The van der Waals surface area contributed by atoms with Gasteiger partial charge in [-0.05, 0) is 170 Å². The van der Waals surface area contributed by atoms with Gasteiger partial charge in [0.05, 0.1) is 10.8 Å². The average Bonchev–Trinajstić information content (AvgIpc) is 1.63. The lowest BCUT2D eigenvalue weighted by Gasteiger charge is -2.42. The Labute approximate surface area is 615 Å². The summed E-state index contributed by atoms with van der Waals surface area (Å²) in [4.78, 5) is 32.0. The first-order valence-electron chi connectivity index (χ1n) is 37.5. The van der Waals surface area contributed by atoms with Gasteiger partial charge in [-0.1, -0.05) is 328 Å². The van der Waals surface area contributed by atoms with Gasteiger partial charge >= 0.3 is 0 Å². The number of nitrogens with zero attached hydrogens (tertiary/aromatic N) is 6. The molecule has 0 aliphatic heterocycles. The zero-order valence-corrected chi connectivity index (χ0v) is 58.0. The summed E-state index contributed by atoms with van der Waals surface area (Å²) in [5.74, 6) is 4.73. The van der Waals surface area contributed by atoms with Crippen molar-refractivity contribution < 1.29 is 0 Å². The van der Waals surface area contributed by atoms with Crippen LogP contribution in [-0.4, -0.2) is 29.9 Å². The molecular weight excluding hydrogens is 1290 g/mol. The third-order valence-electron chi connectivity index (χ3n) is 25.0. The minimum absolute atomic E-state index is 0.0269. The van der Waals surface area contributed by atoms with Crippen molar-refractivity contribution in [1.29, 1.82) is 0 Å². The van der Waals surface area contributed by atoms with E-state index in [1.54, 1.807) is 0 Å². The summed E-state index contributed by atoms with van der Waals surface area (Å²) < 4.78 is 0. The number of hydrogen-bond acceptors (Lipinski definition) is 6. The van der Waals surface area contributed by atoms with Crippen molar-refractivity contribution in [3.8, 4) is 124 Å². The first-order chi connectivity index (χ1) is 52.6. The van der Waals surface area contributed by atoms with Gasteiger partial charge in [-0.2, -0.15) is 0 Å². The molecule has 2 aromatic heterocycles. The number of rotatable bonds is 8. The Hall–Kier alpha value is -12.9. The van der Waals surface area contributed by atoms with Crippen LogP contribution in [0.4, 0.5) is 0 Å². The van der Waals surface area contributed by atoms with E-state index in [4.69, 9.17) is 29.9 Å². The summed E-state index contributed by atoms with van der Waals surface area (Å²) in [6.45, 7) is 0. The second-order valence-electron chi connectivity index (χ2n) is 30.0. The molecule has 8 aliphatic rings. The van der Waals surface area contributed by atoms with Crippen molar-refractivity contribution >= 4 is 0 Å². The summed E-state index contributed by atoms with van der Waals surface area (Å²) >= 11 is 0. The van der Waals surface area contributed by atoms with Crippen LogP contribution in [0.15, 0.2) is 328 Å². The van der Waals surface area contributed by atoms with E-state index in [1.165, 1.54) is 154 Å². The van der Waals surface area contributed by atoms with E-state index < -0.39 is 5.41 Å². The third kappa shape index (κ3) is 8.32. The van der Waals surface area contributed by atoms with E-state index >= 15 is 0 Å². The van der Waals surface area contributed by atoms with Gasteiger partial charge in [0.1, 0.15) is 0 Å². The van der Waals surface area contributed by atoms with Crippen LogP contribution in [0.3, 0.4) is 0 Å². The summed E-state index contributed by atoms with van der Waals surface area (Å²) in [5.41, 5.74) is 37.0. The third-order valence-corrected chi connectivity index (χ3v) is 25.0. The van der Waals surface area contributed by atoms with Gasteiger partial charge in [0.2, 0.25) is 0 Å². The lowest BCUT2D eigenvalue weighted by molar-refractivity contribution is 0.266. The number of fused-ring (bicyclic) bond motifs is 20. The van der Waals surface area contributed by atoms with Crippen LogP contribution in [0, 0.1) is 5.92 Å². The molecule has 0 saturated heterocycles. The largest absolute Gasteiger partial charge is 0.208 e. The second kappa shape index (κ2) is 22.8. The van der Waals surface area contributed by atoms with E-state index in [0.29, 0.717) is 46.8 Å². The van der Waals surface area contributed by atoms with Crippen LogP contribution in [0.1, 0.15) is 121 Å². The predicted octanol–water partition coefficient (Wildman–Crippen LogP) is 23.3. The zero-order chi connectivity index (χ0) is 69.3. The average molecular weight is 1350 g/mol. The molecular formula is C100H66N6. The van der Waals surface area contributed by atoms with E-state index in [2.05, 4.69) is 315 Å². The van der Waals surface area contributed by atoms with Crippen molar-refractivity contribution in [3.05, 3.63) is 405 Å². The highest BCUT2D eigenvalue weighted by atomic mass is 15.0. The van der Waals surface area contributed by atoms with Crippen LogP contribution >= 0.6 is 0 Å². The summed E-state index contributed by atoms with van der Waals surface area (Å²) in [6, 6.07) is 121. The van der Waals surface area contributed by atoms with Gasteiger partial charge in [0.15, 0.2) is 34.9 Å². The Morgan fingerprint density at radius 2 is 0.557 bits per heavy atom. The minimum Gasteiger partial charge on any atom is -0.208 e. The van der Waals surface area contributed by atoms with Crippen molar-refractivity contribution in [2.45, 2.75) is 54.3 Å². The van der Waals surface area contributed by atoms with Crippen molar-refractivity contribution in [2.75, 3.05) is 0 Å². The normalized spacial score (nSPS) is 17.4. The standard InChI is InChI=1S/C100H66N6/c1-3-23-61(24-4-1)93-101-95(63-49-45-59(46-50-63)67-35-21-43-87-91(67)77-33-13-19-41-85(77)99(87)81-37-15-9-27-69(81)70-28-10-16-38-82(70)99)105-97(103-93)65-53-55-75-79(57-65)89-73-31-7-8-32-74(73)90(75)80-58-66(54-56-76(80)89)98-104-94(62-25-5-2-6-26-62)102-96(106-98)64-51-47-60(48-52-64)68-36-22-44-88-92(68)78-34-14-20-42-86(78)100(88)83-39-17-11-29-71(83)72-30-12-18-40-84(72)100/h1-13,15-19,21-33,35-41,43-58,78,86,89-90H,14,20,34,42H2. The molecule has 6 nitrogen and oxygen atoms in total. The maximum atomic E-state index is 5.43. The summed E-state index contributed by atoms with van der Waals surface area (Å²) in [5, 5.41) is 0. The lowest BCUT2D eigenvalue weighted by Crippen LogP contribution is -2.35. The van der Waals surface area contributed by atoms with Gasteiger partial charge in [0.25, 0.3) is 0 Å². The molecule has 6 heteroatoms. The minimum atomic E-state index is -0.421. The van der Waals surface area contributed by atoms with Gasteiger partial charge in [-0.15, -0.1) is 0 Å². The Morgan fingerprint density at radius 1 is 0.226 bits per heavy atom. The predicted molar refractivity (Wildman–Crippen MR) is 424 cm³/mol. The molecule has 4 atom stereocenters. The van der Waals surface area contributed by atoms with Gasteiger partial charge < -0.3 is 0 Å². The molecule has 4 unspecified atom stereocenters.